The van der Waals surface area contributed by atoms with Gasteiger partial charge in [-0.2, -0.15) is 4.98 Å². The van der Waals surface area contributed by atoms with E-state index in [1.54, 1.807) is 25.1 Å². The minimum Gasteiger partial charge on any atom is -0.485 e. The lowest BCUT2D eigenvalue weighted by Crippen LogP contribution is -2.11. The summed E-state index contributed by atoms with van der Waals surface area (Å²) in [5.74, 6) is 0.732. The minimum absolute atomic E-state index is 0.135. The normalized spacial score (nSPS) is 11.4. The number of hydrogen-bond acceptors (Lipinski definition) is 8. The number of ether oxygens (including phenoxy) is 1. The molecular formula is C21H15ClFN5O3S. The van der Waals surface area contributed by atoms with E-state index in [-0.39, 0.29) is 17.4 Å². The van der Waals surface area contributed by atoms with Crippen molar-refractivity contribution in [3.8, 4) is 5.75 Å². The molecule has 0 saturated carbocycles. The van der Waals surface area contributed by atoms with Gasteiger partial charge in [-0.25, -0.2) is 4.39 Å². The summed E-state index contributed by atoms with van der Waals surface area (Å²) in [6.45, 7) is 1.90. The summed E-state index contributed by atoms with van der Waals surface area (Å²) in [4.78, 5) is 16.4. The van der Waals surface area contributed by atoms with Crippen molar-refractivity contribution in [3.63, 3.8) is 0 Å². The summed E-state index contributed by atoms with van der Waals surface area (Å²) < 4.78 is 23.5. The number of carbonyl (C=O) groups is 1. The lowest BCUT2D eigenvalue weighted by Gasteiger charge is -2.03. The van der Waals surface area contributed by atoms with Crippen LogP contribution in [0.4, 0.5) is 10.1 Å². The average molecular weight is 472 g/mol. The van der Waals surface area contributed by atoms with Crippen molar-refractivity contribution in [1.29, 1.82) is 0 Å². The Labute approximate surface area is 190 Å². The highest BCUT2D eigenvalue weighted by Gasteiger charge is 2.15. The summed E-state index contributed by atoms with van der Waals surface area (Å²) in [7, 11) is 0. The quantitative estimate of drug-likeness (QED) is 0.407. The largest absolute Gasteiger partial charge is 0.485 e. The summed E-state index contributed by atoms with van der Waals surface area (Å²) in [6, 6.07) is 12.6. The Morgan fingerprint density at radius 2 is 1.88 bits per heavy atom. The van der Waals surface area contributed by atoms with Crippen LogP contribution in [0.15, 0.2) is 53.1 Å². The fourth-order valence-corrected chi connectivity index (χ4v) is 3.47. The molecule has 162 valence electrons. The molecule has 0 saturated heterocycles. The molecule has 0 spiro atoms. The van der Waals surface area contributed by atoms with Crippen molar-refractivity contribution in [2.45, 2.75) is 13.5 Å². The summed E-state index contributed by atoms with van der Waals surface area (Å²) in [5.41, 5.74) is 1.26. The van der Waals surface area contributed by atoms with Crippen LogP contribution in [0.5, 0.6) is 5.75 Å². The molecule has 11 heteroatoms. The Kier molecular flexibility index (Phi) is 6.52. The van der Waals surface area contributed by atoms with Crippen LogP contribution in [0.1, 0.15) is 32.1 Å². The first-order valence-corrected chi connectivity index (χ1v) is 10.5. The lowest BCUT2D eigenvalue weighted by molar-refractivity contribution is 0.102. The molecule has 2 aromatic carbocycles. The van der Waals surface area contributed by atoms with E-state index in [9.17, 15) is 9.18 Å². The molecule has 32 heavy (non-hydrogen) atoms. The third-order valence-corrected chi connectivity index (χ3v) is 5.39. The van der Waals surface area contributed by atoms with Gasteiger partial charge >= 0.3 is 0 Å². The molecule has 0 fully saturated rings. The standard InChI is InChI=1S/C21H15ClFN5O3S/c1-12-24-18(28-31-12)11-30-16-8-2-13(3-9-16)10-17(22)20-26-27-21(32-20)19(29)25-15-6-4-14(23)5-7-15/h2-10H,11H2,1H3,(H,25,29)/b17-10-. The van der Waals surface area contributed by atoms with Gasteiger partial charge in [0.1, 0.15) is 11.6 Å². The van der Waals surface area contributed by atoms with Crippen LogP contribution in [0.2, 0.25) is 0 Å². The van der Waals surface area contributed by atoms with Gasteiger partial charge in [-0.3, -0.25) is 4.79 Å². The van der Waals surface area contributed by atoms with Gasteiger partial charge in [-0.15, -0.1) is 10.2 Å². The van der Waals surface area contributed by atoms with Gasteiger partial charge in [0.05, 0.1) is 5.03 Å². The van der Waals surface area contributed by atoms with Gasteiger partial charge in [0, 0.05) is 12.6 Å². The molecule has 1 N–H and O–H groups in total. The van der Waals surface area contributed by atoms with Crippen LogP contribution in [0.25, 0.3) is 11.1 Å². The van der Waals surface area contributed by atoms with E-state index in [1.165, 1.54) is 24.3 Å². The molecule has 2 heterocycles. The molecule has 1 amide bonds. The minimum atomic E-state index is -0.455. The number of anilines is 1. The zero-order valence-corrected chi connectivity index (χ0v) is 18.2. The third-order valence-electron chi connectivity index (χ3n) is 4.04. The van der Waals surface area contributed by atoms with E-state index in [0.717, 1.165) is 16.9 Å². The predicted octanol–water partition coefficient (Wildman–Crippen LogP) is 4.94. The number of aryl methyl sites for hydroxylation is 1. The lowest BCUT2D eigenvalue weighted by atomic mass is 10.2. The summed E-state index contributed by atoms with van der Waals surface area (Å²) in [5, 5.41) is 15.1. The maximum Gasteiger partial charge on any atom is 0.286 e. The first-order valence-electron chi connectivity index (χ1n) is 9.26. The molecule has 0 aliphatic heterocycles. The topological polar surface area (TPSA) is 103 Å². The van der Waals surface area contributed by atoms with Crippen molar-refractivity contribution < 1.29 is 18.4 Å². The Morgan fingerprint density at radius 1 is 1.16 bits per heavy atom. The predicted molar refractivity (Wildman–Crippen MR) is 118 cm³/mol. The molecule has 0 bridgehead atoms. The maximum atomic E-state index is 13.0. The first kappa shape index (κ1) is 21.6. The highest BCUT2D eigenvalue weighted by molar-refractivity contribution is 7.15. The van der Waals surface area contributed by atoms with Crippen LogP contribution in [-0.4, -0.2) is 26.2 Å². The smallest absolute Gasteiger partial charge is 0.286 e. The van der Waals surface area contributed by atoms with Gasteiger partial charge in [0.25, 0.3) is 5.91 Å². The Bertz CT molecular complexity index is 1260. The first-order chi connectivity index (χ1) is 15.5. The molecule has 0 aliphatic rings. The van der Waals surface area contributed by atoms with Crippen molar-refractivity contribution in [2.75, 3.05) is 5.32 Å². The number of rotatable bonds is 7. The van der Waals surface area contributed by atoms with Crippen LogP contribution >= 0.6 is 22.9 Å². The molecule has 8 nitrogen and oxygen atoms in total. The molecule has 0 atom stereocenters. The molecule has 0 unspecified atom stereocenters. The molecule has 2 aromatic heterocycles. The van der Waals surface area contributed by atoms with Crippen LogP contribution in [0.3, 0.4) is 0 Å². The van der Waals surface area contributed by atoms with E-state index in [0.29, 0.717) is 33.2 Å². The van der Waals surface area contributed by atoms with E-state index in [4.69, 9.17) is 20.9 Å². The Balaban J connectivity index is 1.37. The number of hydrogen-bond donors (Lipinski definition) is 1. The second kappa shape index (κ2) is 9.67. The second-order valence-electron chi connectivity index (χ2n) is 6.45. The van der Waals surface area contributed by atoms with Gasteiger partial charge in [-0.05, 0) is 48.0 Å². The Hall–Kier alpha value is -3.63. The van der Waals surface area contributed by atoms with Crippen LogP contribution in [0, 0.1) is 12.7 Å². The van der Waals surface area contributed by atoms with Crippen LogP contribution < -0.4 is 10.1 Å². The number of amides is 1. The monoisotopic (exact) mass is 471 g/mol. The van der Waals surface area contributed by atoms with Crippen molar-refractivity contribution >= 4 is 45.6 Å². The van der Waals surface area contributed by atoms with Gasteiger partial charge in [0.15, 0.2) is 11.6 Å². The summed E-state index contributed by atoms with van der Waals surface area (Å²) in [6.07, 6.45) is 1.70. The SMILES string of the molecule is Cc1nc(COc2ccc(/C=C(\Cl)c3nnc(C(=O)Nc4ccc(F)cc4)s3)cc2)no1. The number of nitrogens with zero attached hydrogens (tertiary/aromatic N) is 4. The van der Waals surface area contributed by atoms with Gasteiger partial charge < -0.3 is 14.6 Å². The fourth-order valence-electron chi connectivity index (χ4n) is 2.55. The van der Waals surface area contributed by atoms with E-state index in [2.05, 4.69) is 25.7 Å². The number of benzene rings is 2. The average Bonchev–Trinajstić information content (AvgIpc) is 3.44. The Morgan fingerprint density at radius 3 is 2.56 bits per heavy atom. The zero-order chi connectivity index (χ0) is 22.5. The van der Waals surface area contributed by atoms with Gasteiger partial charge in [0.2, 0.25) is 16.7 Å². The van der Waals surface area contributed by atoms with E-state index in [1.807, 2.05) is 12.1 Å². The summed E-state index contributed by atoms with van der Waals surface area (Å²) >= 11 is 7.40. The van der Waals surface area contributed by atoms with Crippen molar-refractivity contribution in [1.82, 2.24) is 20.3 Å². The van der Waals surface area contributed by atoms with Crippen molar-refractivity contribution in [2.24, 2.45) is 0 Å². The number of carbonyl (C=O) groups excluding carboxylic acids is 1. The molecule has 0 radical (unpaired) electrons. The number of nitrogens with one attached hydrogen (secondary N) is 1. The molecule has 0 aliphatic carbocycles. The highest BCUT2D eigenvalue weighted by Crippen LogP contribution is 2.26. The highest BCUT2D eigenvalue weighted by atomic mass is 35.5. The van der Waals surface area contributed by atoms with E-state index >= 15 is 0 Å². The second-order valence-corrected chi connectivity index (χ2v) is 7.84. The van der Waals surface area contributed by atoms with E-state index < -0.39 is 5.91 Å². The number of aromatic nitrogens is 4. The van der Waals surface area contributed by atoms with Gasteiger partial charge in [-0.1, -0.05) is 40.2 Å². The van der Waals surface area contributed by atoms with Crippen LogP contribution in [-0.2, 0) is 6.61 Å². The fraction of sp³-hybridized carbons (Fsp3) is 0.0952. The maximum absolute atomic E-state index is 13.0. The zero-order valence-electron chi connectivity index (χ0n) is 16.6. The molecule has 4 rings (SSSR count). The van der Waals surface area contributed by atoms with Crippen molar-refractivity contribution in [3.05, 3.63) is 81.6 Å². The molecule has 4 aromatic rings. The number of halogens is 2. The third kappa shape index (κ3) is 5.54. The molecular weight excluding hydrogens is 457 g/mol.